The molecule has 0 atom stereocenters. The largest absolute Gasteiger partial charge is 0.447 e. The fourth-order valence-electron chi connectivity index (χ4n) is 2.38. The van der Waals surface area contributed by atoms with Crippen LogP contribution in [-0.2, 0) is 4.74 Å². The molecule has 0 aromatic rings. The molecule has 5 heteroatoms. The maximum absolute atomic E-state index is 11.6. The van der Waals surface area contributed by atoms with E-state index >= 15 is 0 Å². The number of hydrogen-bond acceptors (Lipinski definition) is 4. The van der Waals surface area contributed by atoms with Crippen LogP contribution >= 0.6 is 0 Å². The van der Waals surface area contributed by atoms with Gasteiger partial charge in [0.25, 0.3) is 0 Å². The van der Waals surface area contributed by atoms with Gasteiger partial charge in [0, 0.05) is 19.1 Å². The number of piperidine rings is 1. The van der Waals surface area contributed by atoms with E-state index in [1.54, 1.807) is 4.90 Å². The Balaban J connectivity index is 2.32. The summed E-state index contributed by atoms with van der Waals surface area (Å²) in [5.41, 5.74) is 0. The van der Waals surface area contributed by atoms with Crippen LogP contribution in [0.4, 0.5) is 4.79 Å². The summed E-state index contributed by atoms with van der Waals surface area (Å²) in [4.78, 5) is 15.7. The minimum atomic E-state index is -0.294. The standard InChI is InChI=1S/C12H24N2O3/c1-3-13(4-2)11-5-7-14(8-6-11)12(16)17-10-9-15/h11,15H,3-10H2,1-2H3. The van der Waals surface area contributed by atoms with Crippen molar-refractivity contribution in [3.63, 3.8) is 0 Å². The van der Waals surface area contributed by atoms with Crippen LogP contribution in [0.2, 0.25) is 0 Å². The number of hydrogen-bond donors (Lipinski definition) is 1. The number of likely N-dealkylation sites (tertiary alicyclic amines) is 1. The summed E-state index contributed by atoms with van der Waals surface area (Å²) in [5.74, 6) is 0. The van der Waals surface area contributed by atoms with Crippen molar-refractivity contribution in [2.24, 2.45) is 0 Å². The first-order chi connectivity index (χ1) is 8.22. The van der Waals surface area contributed by atoms with Crippen molar-refractivity contribution in [1.82, 2.24) is 9.80 Å². The zero-order chi connectivity index (χ0) is 12.7. The fraction of sp³-hybridized carbons (Fsp3) is 0.917. The maximum Gasteiger partial charge on any atom is 0.409 e. The van der Waals surface area contributed by atoms with Crippen molar-refractivity contribution < 1.29 is 14.6 Å². The molecular formula is C12H24N2O3. The first kappa shape index (κ1) is 14.3. The Labute approximate surface area is 103 Å². The topological polar surface area (TPSA) is 53.0 Å². The van der Waals surface area contributed by atoms with Gasteiger partial charge in [0.2, 0.25) is 0 Å². The summed E-state index contributed by atoms with van der Waals surface area (Å²) >= 11 is 0. The van der Waals surface area contributed by atoms with Gasteiger partial charge in [-0.15, -0.1) is 0 Å². The summed E-state index contributed by atoms with van der Waals surface area (Å²) in [7, 11) is 0. The van der Waals surface area contributed by atoms with Gasteiger partial charge in [-0.25, -0.2) is 4.79 Å². The van der Waals surface area contributed by atoms with Crippen molar-refractivity contribution in [2.75, 3.05) is 39.4 Å². The molecule has 0 saturated carbocycles. The van der Waals surface area contributed by atoms with Crippen molar-refractivity contribution >= 4 is 6.09 Å². The van der Waals surface area contributed by atoms with Crippen LogP contribution in [-0.4, -0.2) is 66.4 Å². The Kier molecular flexibility index (Phi) is 6.29. The Morgan fingerprint density at radius 3 is 2.41 bits per heavy atom. The van der Waals surface area contributed by atoms with Gasteiger partial charge in [-0.05, 0) is 25.9 Å². The molecular weight excluding hydrogens is 220 g/mol. The lowest BCUT2D eigenvalue weighted by molar-refractivity contribution is 0.0634. The Morgan fingerprint density at radius 2 is 1.94 bits per heavy atom. The molecule has 1 amide bonds. The normalized spacial score (nSPS) is 17.5. The van der Waals surface area contributed by atoms with Crippen molar-refractivity contribution in [3.05, 3.63) is 0 Å². The van der Waals surface area contributed by atoms with E-state index in [-0.39, 0.29) is 19.3 Å². The summed E-state index contributed by atoms with van der Waals surface area (Å²) in [6, 6.07) is 0.590. The van der Waals surface area contributed by atoms with Gasteiger partial charge < -0.3 is 19.6 Å². The molecule has 5 nitrogen and oxygen atoms in total. The quantitative estimate of drug-likeness (QED) is 0.781. The van der Waals surface area contributed by atoms with E-state index < -0.39 is 0 Å². The molecule has 1 saturated heterocycles. The average molecular weight is 244 g/mol. The van der Waals surface area contributed by atoms with E-state index in [9.17, 15) is 4.79 Å². The van der Waals surface area contributed by atoms with Crippen LogP contribution in [0.5, 0.6) is 0 Å². The highest BCUT2D eigenvalue weighted by atomic mass is 16.6. The van der Waals surface area contributed by atoms with Gasteiger partial charge in [0.15, 0.2) is 0 Å². The van der Waals surface area contributed by atoms with Crippen molar-refractivity contribution in [2.45, 2.75) is 32.7 Å². The van der Waals surface area contributed by atoms with E-state index in [2.05, 4.69) is 18.7 Å². The molecule has 1 N–H and O–H groups in total. The minimum Gasteiger partial charge on any atom is -0.447 e. The summed E-state index contributed by atoms with van der Waals surface area (Å²) < 4.78 is 4.90. The lowest BCUT2D eigenvalue weighted by Crippen LogP contribution is -2.46. The summed E-state index contributed by atoms with van der Waals surface area (Å²) in [6.07, 6.45) is 1.73. The molecule has 17 heavy (non-hydrogen) atoms. The molecule has 0 unspecified atom stereocenters. The van der Waals surface area contributed by atoms with Crippen molar-refractivity contribution in [3.8, 4) is 0 Å². The molecule has 0 radical (unpaired) electrons. The number of rotatable bonds is 5. The highest BCUT2D eigenvalue weighted by molar-refractivity contribution is 5.67. The first-order valence-electron chi connectivity index (χ1n) is 6.49. The zero-order valence-corrected chi connectivity index (χ0v) is 10.9. The molecule has 0 aliphatic carbocycles. The maximum atomic E-state index is 11.6. The van der Waals surface area contributed by atoms with Gasteiger partial charge >= 0.3 is 6.09 Å². The number of carbonyl (C=O) groups is 1. The number of amides is 1. The third kappa shape index (κ3) is 4.16. The Hall–Kier alpha value is -0.810. The van der Waals surface area contributed by atoms with Crippen LogP contribution in [0.3, 0.4) is 0 Å². The predicted molar refractivity (Wildman–Crippen MR) is 65.9 cm³/mol. The molecule has 0 bridgehead atoms. The molecule has 1 rings (SSSR count). The van der Waals surface area contributed by atoms with Gasteiger partial charge in [-0.2, -0.15) is 0 Å². The summed E-state index contributed by atoms with van der Waals surface area (Å²) in [5, 5.41) is 8.59. The molecule has 100 valence electrons. The fourth-order valence-corrected chi connectivity index (χ4v) is 2.38. The number of nitrogens with zero attached hydrogens (tertiary/aromatic N) is 2. The van der Waals surface area contributed by atoms with Crippen LogP contribution in [0, 0.1) is 0 Å². The predicted octanol–water partition coefficient (Wildman–Crippen LogP) is 0.921. The van der Waals surface area contributed by atoms with Crippen LogP contribution in [0.1, 0.15) is 26.7 Å². The number of aliphatic hydroxyl groups is 1. The van der Waals surface area contributed by atoms with Crippen LogP contribution in [0.25, 0.3) is 0 Å². The lowest BCUT2D eigenvalue weighted by Gasteiger charge is -2.37. The average Bonchev–Trinajstić information content (AvgIpc) is 2.38. The van der Waals surface area contributed by atoms with Crippen LogP contribution < -0.4 is 0 Å². The van der Waals surface area contributed by atoms with E-state index in [0.29, 0.717) is 6.04 Å². The van der Waals surface area contributed by atoms with E-state index in [1.165, 1.54) is 0 Å². The molecule has 0 aromatic heterocycles. The number of ether oxygens (including phenoxy) is 1. The minimum absolute atomic E-state index is 0.0921. The third-order valence-corrected chi connectivity index (χ3v) is 3.37. The molecule has 0 spiro atoms. The van der Waals surface area contributed by atoms with E-state index in [0.717, 1.165) is 39.0 Å². The number of aliphatic hydroxyl groups excluding tert-OH is 1. The zero-order valence-electron chi connectivity index (χ0n) is 10.9. The van der Waals surface area contributed by atoms with Gasteiger partial charge in [-0.1, -0.05) is 13.8 Å². The molecule has 0 aromatic carbocycles. The smallest absolute Gasteiger partial charge is 0.409 e. The molecule has 1 aliphatic heterocycles. The molecule has 1 fully saturated rings. The van der Waals surface area contributed by atoms with E-state index in [1.807, 2.05) is 0 Å². The molecule has 1 heterocycles. The SMILES string of the molecule is CCN(CC)C1CCN(C(=O)OCCO)CC1. The Bertz CT molecular complexity index is 224. The highest BCUT2D eigenvalue weighted by Gasteiger charge is 2.26. The Morgan fingerprint density at radius 1 is 1.35 bits per heavy atom. The molecule has 1 aliphatic rings. The number of carbonyl (C=O) groups excluding carboxylic acids is 1. The van der Waals surface area contributed by atoms with Gasteiger partial charge in [-0.3, -0.25) is 0 Å². The lowest BCUT2D eigenvalue weighted by atomic mass is 10.0. The van der Waals surface area contributed by atoms with Gasteiger partial charge in [0.1, 0.15) is 6.61 Å². The third-order valence-electron chi connectivity index (χ3n) is 3.37. The second-order valence-electron chi connectivity index (χ2n) is 4.28. The monoisotopic (exact) mass is 244 g/mol. The van der Waals surface area contributed by atoms with E-state index in [4.69, 9.17) is 9.84 Å². The highest BCUT2D eigenvalue weighted by Crippen LogP contribution is 2.16. The van der Waals surface area contributed by atoms with Crippen LogP contribution in [0.15, 0.2) is 0 Å². The van der Waals surface area contributed by atoms with Gasteiger partial charge in [0.05, 0.1) is 6.61 Å². The summed E-state index contributed by atoms with van der Waals surface area (Å²) in [6.45, 7) is 7.97. The second-order valence-corrected chi connectivity index (χ2v) is 4.28. The second kappa shape index (κ2) is 7.50. The van der Waals surface area contributed by atoms with Crippen molar-refractivity contribution in [1.29, 1.82) is 0 Å². The first-order valence-corrected chi connectivity index (χ1v) is 6.49.